The fourth-order valence-corrected chi connectivity index (χ4v) is 3.28. The van der Waals surface area contributed by atoms with Crippen LogP contribution in [0.15, 0.2) is 34.8 Å². The zero-order valence-corrected chi connectivity index (χ0v) is 18.0. The lowest BCUT2D eigenvalue weighted by molar-refractivity contribution is 0.0972. The van der Waals surface area contributed by atoms with Crippen molar-refractivity contribution in [1.29, 1.82) is 0 Å². The number of hydrogen-bond acceptors (Lipinski definition) is 3. The Labute approximate surface area is 168 Å². The normalized spacial score (nSPS) is 10.6. The third-order valence-corrected chi connectivity index (χ3v) is 4.39. The lowest BCUT2D eigenvalue weighted by Crippen LogP contribution is -2.35. The lowest BCUT2D eigenvalue weighted by atomic mass is 10.1. The molecule has 6 heteroatoms. The molecule has 0 unspecified atom stereocenters. The molecule has 4 nitrogen and oxygen atoms in total. The second kappa shape index (κ2) is 8.64. The van der Waals surface area contributed by atoms with E-state index in [-0.39, 0.29) is 17.1 Å². The standard InChI is InChI=1S/C20H23BrN2O2S/c1-11(2)25-17-7-6-15(21)10-16(17)19(24)23-20(26)22-18-13(4)8-12(3)9-14(18)5/h6-11H,1-5H3,(H2,22,23,24,26). The summed E-state index contributed by atoms with van der Waals surface area (Å²) in [5.41, 5.74) is 4.67. The van der Waals surface area contributed by atoms with E-state index in [9.17, 15) is 4.79 Å². The minimum atomic E-state index is -0.318. The number of thiocarbonyl (C=S) groups is 1. The molecule has 2 N–H and O–H groups in total. The van der Waals surface area contributed by atoms with Gasteiger partial charge in [-0.05, 0) is 76.2 Å². The summed E-state index contributed by atoms with van der Waals surface area (Å²) in [4.78, 5) is 12.7. The number of amides is 1. The molecule has 1 amide bonds. The van der Waals surface area contributed by atoms with Crippen LogP contribution >= 0.6 is 28.1 Å². The quantitative estimate of drug-likeness (QED) is 0.641. The number of benzene rings is 2. The van der Waals surface area contributed by atoms with Crippen LogP contribution in [0.1, 0.15) is 40.9 Å². The Bertz CT molecular complexity index is 827. The van der Waals surface area contributed by atoms with Gasteiger partial charge in [0, 0.05) is 10.2 Å². The van der Waals surface area contributed by atoms with Crippen LogP contribution in [0.5, 0.6) is 5.75 Å². The van der Waals surface area contributed by atoms with Gasteiger partial charge in [0.2, 0.25) is 0 Å². The molecule has 0 aromatic heterocycles. The summed E-state index contributed by atoms with van der Waals surface area (Å²) in [5.74, 6) is 0.202. The smallest absolute Gasteiger partial charge is 0.261 e. The maximum absolute atomic E-state index is 12.7. The van der Waals surface area contributed by atoms with E-state index in [1.54, 1.807) is 12.1 Å². The number of ether oxygens (including phenoxy) is 1. The van der Waals surface area contributed by atoms with Crippen molar-refractivity contribution >= 4 is 44.9 Å². The van der Waals surface area contributed by atoms with Gasteiger partial charge in [0.15, 0.2) is 5.11 Å². The minimum absolute atomic E-state index is 0.0364. The molecular formula is C20H23BrN2O2S. The number of nitrogens with one attached hydrogen (secondary N) is 2. The predicted molar refractivity (Wildman–Crippen MR) is 114 cm³/mol. The van der Waals surface area contributed by atoms with Gasteiger partial charge in [0.25, 0.3) is 5.91 Å². The van der Waals surface area contributed by atoms with Gasteiger partial charge in [-0.3, -0.25) is 10.1 Å². The number of carbonyl (C=O) groups is 1. The first-order valence-electron chi connectivity index (χ1n) is 8.33. The van der Waals surface area contributed by atoms with Crippen molar-refractivity contribution in [3.05, 3.63) is 57.1 Å². The van der Waals surface area contributed by atoms with Gasteiger partial charge in [-0.15, -0.1) is 0 Å². The van der Waals surface area contributed by atoms with Crippen LogP contribution in [0.4, 0.5) is 5.69 Å². The third-order valence-electron chi connectivity index (χ3n) is 3.69. The highest BCUT2D eigenvalue weighted by Crippen LogP contribution is 2.25. The van der Waals surface area contributed by atoms with Gasteiger partial charge < -0.3 is 10.1 Å². The van der Waals surface area contributed by atoms with Gasteiger partial charge in [0.05, 0.1) is 11.7 Å². The van der Waals surface area contributed by atoms with Crippen molar-refractivity contribution in [2.75, 3.05) is 5.32 Å². The van der Waals surface area contributed by atoms with E-state index in [2.05, 4.69) is 38.7 Å². The summed E-state index contributed by atoms with van der Waals surface area (Å²) in [7, 11) is 0. The fourth-order valence-electron chi connectivity index (χ4n) is 2.73. The molecule has 0 radical (unpaired) electrons. The van der Waals surface area contributed by atoms with Crippen molar-refractivity contribution in [3.8, 4) is 5.75 Å². The van der Waals surface area contributed by atoms with Crippen LogP contribution in [-0.2, 0) is 0 Å². The molecule has 0 saturated carbocycles. The molecular weight excluding hydrogens is 412 g/mol. The van der Waals surface area contributed by atoms with Crippen molar-refractivity contribution in [2.24, 2.45) is 0 Å². The molecule has 0 saturated heterocycles. The van der Waals surface area contributed by atoms with Crippen LogP contribution < -0.4 is 15.4 Å². The van der Waals surface area contributed by atoms with E-state index in [0.29, 0.717) is 11.3 Å². The van der Waals surface area contributed by atoms with Crippen molar-refractivity contribution in [2.45, 2.75) is 40.7 Å². The van der Waals surface area contributed by atoms with E-state index in [0.717, 1.165) is 21.3 Å². The molecule has 2 aromatic rings. The molecule has 0 aliphatic rings. The number of hydrogen-bond donors (Lipinski definition) is 2. The number of halogens is 1. The Morgan fingerprint density at radius 1 is 1.12 bits per heavy atom. The van der Waals surface area contributed by atoms with Crippen molar-refractivity contribution in [3.63, 3.8) is 0 Å². The summed E-state index contributed by atoms with van der Waals surface area (Å²) >= 11 is 8.73. The zero-order valence-electron chi connectivity index (χ0n) is 15.6. The topological polar surface area (TPSA) is 50.4 Å². The molecule has 0 bridgehead atoms. The summed E-state index contributed by atoms with van der Waals surface area (Å²) < 4.78 is 6.52. The van der Waals surface area contributed by atoms with Gasteiger partial charge >= 0.3 is 0 Å². The molecule has 0 heterocycles. The lowest BCUT2D eigenvalue weighted by Gasteiger charge is -2.17. The van der Waals surface area contributed by atoms with Gasteiger partial charge in [0.1, 0.15) is 5.75 Å². The molecule has 2 aromatic carbocycles. The monoisotopic (exact) mass is 434 g/mol. The second-order valence-electron chi connectivity index (χ2n) is 6.49. The maximum Gasteiger partial charge on any atom is 0.261 e. The summed E-state index contributed by atoms with van der Waals surface area (Å²) in [6, 6.07) is 9.47. The molecule has 138 valence electrons. The van der Waals surface area contributed by atoms with Gasteiger partial charge in [-0.2, -0.15) is 0 Å². The van der Waals surface area contributed by atoms with Crippen molar-refractivity contribution in [1.82, 2.24) is 5.32 Å². The van der Waals surface area contributed by atoms with Crippen LogP contribution in [0.2, 0.25) is 0 Å². The Morgan fingerprint density at radius 3 is 2.31 bits per heavy atom. The Kier molecular flexibility index (Phi) is 6.78. The summed E-state index contributed by atoms with van der Waals surface area (Å²) in [6.45, 7) is 9.90. The van der Waals surface area contributed by atoms with E-state index in [1.807, 2.05) is 40.7 Å². The summed E-state index contributed by atoms with van der Waals surface area (Å²) in [6.07, 6.45) is -0.0364. The SMILES string of the molecule is Cc1cc(C)c(NC(=S)NC(=O)c2cc(Br)ccc2OC(C)C)c(C)c1. The van der Waals surface area contributed by atoms with E-state index >= 15 is 0 Å². The van der Waals surface area contributed by atoms with E-state index in [4.69, 9.17) is 17.0 Å². The zero-order chi connectivity index (χ0) is 19.4. The van der Waals surface area contributed by atoms with Gasteiger partial charge in [-0.25, -0.2) is 0 Å². The Morgan fingerprint density at radius 2 is 1.73 bits per heavy atom. The van der Waals surface area contributed by atoms with Crippen LogP contribution in [0.3, 0.4) is 0 Å². The first-order valence-corrected chi connectivity index (χ1v) is 9.54. The molecule has 26 heavy (non-hydrogen) atoms. The molecule has 2 rings (SSSR count). The fraction of sp³-hybridized carbons (Fsp3) is 0.300. The van der Waals surface area contributed by atoms with E-state index in [1.165, 1.54) is 5.56 Å². The highest BCUT2D eigenvalue weighted by Gasteiger charge is 2.16. The first kappa shape index (κ1) is 20.4. The van der Waals surface area contributed by atoms with E-state index < -0.39 is 0 Å². The summed E-state index contributed by atoms with van der Waals surface area (Å²) in [5, 5.41) is 6.11. The third kappa shape index (κ3) is 5.29. The average molecular weight is 435 g/mol. The molecule has 0 aliphatic heterocycles. The second-order valence-corrected chi connectivity index (χ2v) is 7.81. The molecule has 0 fully saturated rings. The van der Waals surface area contributed by atoms with Crippen molar-refractivity contribution < 1.29 is 9.53 Å². The Hall–Kier alpha value is -1.92. The highest BCUT2D eigenvalue weighted by molar-refractivity contribution is 9.10. The number of carbonyl (C=O) groups excluding carboxylic acids is 1. The van der Waals surface area contributed by atoms with Gasteiger partial charge in [-0.1, -0.05) is 33.6 Å². The molecule has 0 spiro atoms. The van der Waals surface area contributed by atoms with Crippen LogP contribution in [0, 0.1) is 20.8 Å². The van der Waals surface area contributed by atoms with Crippen LogP contribution in [0.25, 0.3) is 0 Å². The molecule has 0 aliphatic carbocycles. The number of rotatable bonds is 4. The predicted octanol–water partition coefficient (Wildman–Crippen LogP) is 5.29. The minimum Gasteiger partial charge on any atom is -0.490 e. The first-order chi connectivity index (χ1) is 12.2. The number of aryl methyl sites for hydroxylation is 3. The average Bonchev–Trinajstić information content (AvgIpc) is 2.52. The maximum atomic E-state index is 12.7. The Balaban J connectivity index is 2.18. The van der Waals surface area contributed by atoms with Crippen LogP contribution in [-0.4, -0.2) is 17.1 Å². The molecule has 0 atom stereocenters. The number of anilines is 1. The highest BCUT2D eigenvalue weighted by atomic mass is 79.9. The largest absolute Gasteiger partial charge is 0.490 e.